The number of aromatic nitrogens is 2. The molecule has 1 atom stereocenters. The molecule has 152 valence electrons. The number of carbonyl (C=O) groups excluding carboxylic acids is 1. The maximum Gasteiger partial charge on any atom is 0.406 e. The molecule has 0 unspecified atom stereocenters. The van der Waals surface area contributed by atoms with Gasteiger partial charge in [0.1, 0.15) is 6.54 Å². The lowest BCUT2D eigenvalue weighted by molar-refractivity contribution is -0.165. The van der Waals surface area contributed by atoms with E-state index in [4.69, 9.17) is 16.7 Å². The maximum absolute atomic E-state index is 13.0. The van der Waals surface area contributed by atoms with Gasteiger partial charge in [-0.15, -0.1) is 0 Å². The largest absolute Gasteiger partial charge is 0.481 e. The first-order valence-electron chi connectivity index (χ1n) is 8.83. The molecule has 0 aliphatic carbocycles. The standard InChI is InChI=1S/C18H19ClF3N3O3/c1-2-3-25-16-12(7-23-25)13-8-24(9-18(20,21)22)17(28)11(6-15(26)27)4-10(13)5-14(16)19/h5,7,11H,2-4,6,8-9H2,1H3,(H,26,27)/t11-/m0/s1. The number of hydrogen-bond donors (Lipinski definition) is 1. The Morgan fingerprint density at radius 1 is 1.43 bits per heavy atom. The van der Waals surface area contributed by atoms with Gasteiger partial charge in [-0.25, -0.2) is 0 Å². The van der Waals surface area contributed by atoms with Gasteiger partial charge in [-0.3, -0.25) is 14.3 Å². The summed E-state index contributed by atoms with van der Waals surface area (Å²) in [5.74, 6) is -3.14. The Hall–Kier alpha value is -2.29. The average Bonchev–Trinajstić information content (AvgIpc) is 2.94. The molecule has 3 rings (SSSR count). The van der Waals surface area contributed by atoms with Crippen LogP contribution < -0.4 is 0 Å². The van der Waals surface area contributed by atoms with Crippen molar-refractivity contribution in [3.63, 3.8) is 0 Å². The van der Waals surface area contributed by atoms with E-state index in [1.54, 1.807) is 16.9 Å². The van der Waals surface area contributed by atoms with E-state index in [1.807, 2.05) is 6.92 Å². The van der Waals surface area contributed by atoms with Gasteiger partial charge in [0.25, 0.3) is 0 Å². The number of amides is 1. The van der Waals surface area contributed by atoms with Crippen molar-refractivity contribution < 1.29 is 27.9 Å². The predicted molar refractivity (Wildman–Crippen MR) is 96.0 cm³/mol. The smallest absolute Gasteiger partial charge is 0.406 e. The molecule has 0 fully saturated rings. The van der Waals surface area contributed by atoms with Crippen molar-refractivity contribution in [3.05, 3.63) is 28.4 Å². The molecule has 1 aliphatic heterocycles. The Morgan fingerprint density at radius 3 is 2.75 bits per heavy atom. The minimum Gasteiger partial charge on any atom is -0.481 e. The van der Waals surface area contributed by atoms with Gasteiger partial charge in [0.2, 0.25) is 5.91 Å². The fourth-order valence-electron chi connectivity index (χ4n) is 3.69. The quantitative estimate of drug-likeness (QED) is 0.806. The Balaban J connectivity index is 2.14. The van der Waals surface area contributed by atoms with E-state index in [2.05, 4.69) is 5.10 Å². The highest BCUT2D eigenvalue weighted by Gasteiger charge is 2.39. The van der Waals surface area contributed by atoms with Gasteiger partial charge < -0.3 is 10.0 Å². The Bertz CT molecular complexity index is 926. The Labute approximate surface area is 163 Å². The molecule has 0 saturated carbocycles. The van der Waals surface area contributed by atoms with Crippen LogP contribution in [-0.4, -0.2) is 44.4 Å². The molecule has 0 spiro atoms. The highest BCUT2D eigenvalue weighted by molar-refractivity contribution is 6.35. The molecule has 1 aromatic heterocycles. The second-order valence-electron chi connectivity index (χ2n) is 6.93. The minimum absolute atomic E-state index is 0.0173. The molecule has 0 bridgehead atoms. The van der Waals surface area contributed by atoms with Crippen molar-refractivity contribution in [2.45, 2.75) is 45.5 Å². The first-order chi connectivity index (χ1) is 13.1. The van der Waals surface area contributed by atoms with Crippen molar-refractivity contribution in [1.29, 1.82) is 0 Å². The van der Waals surface area contributed by atoms with Crippen LogP contribution in [0.15, 0.2) is 12.3 Å². The molecular formula is C18H19ClF3N3O3. The topological polar surface area (TPSA) is 75.4 Å². The van der Waals surface area contributed by atoms with Crippen LogP contribution in [0.4, 0.5) is 13.2 Å². The van der Waals surface area contributed by atoms with Crippen molar-refractivity contribution in [2.24, 2.45) is 5.92 Å². The maximum atomic E-state index is 13.0. The number of carbonyl (C=O) groups is 2. The molecule has 0 radical (unpaired) electrons. The third-order valence-corrected chi connectivity index (χ3v) is 5.07. The summed E-state index contributed by atoms with van der Waals surface area (Å²) in [4.78, 5) is 24.5. The van der Waals surface area contributed by atoms with Crippen LogP contribution in [0.3, 0.4) is 0 Å². The molecule has 10 heteroatoms. The van der Waals surface area contributed by atoms with Gasteiger partial charge in [-0.2, -0.15) is 18.3 Å². The summed E-state index contributed by atoms with van der Waals surface area (Å²) >= 11 is 6.41. The second-order valence-corrected chi connectivity index (χ2v) is 7.34. The fraction of sp³-hybridized carbons (Fsp3) is 0.500. The predicted octanol–water partition coefficient (Wildman–Crippen LogP) is 3.64. The molecule has 2 heterocycles. The van der Waals surface area contributed by atoms with Gasteiger partial charge in [0.15, 0.2) is 0 Å². The minimum atomic E-state index is -4.59. The second kappa shape index (κ2) is 7.62. The van der Waals surface area contributed by atoms with Gasteiger partial charge in [-0.1, -0.05) is 18.5 Å². The molecule has 2 aromatic rings. The van der Waals surface area contributed by atoms with Gasteiger partial charge >= 0.3 is 12.1 Å². The van der Waals surface area contributed by atoms with Crippen molar-refractivity contribution >= 4 is 34.4 Å². The molecule has 28 heavy (non-hydrogen) atoms. The number of alkyl halides is 3. The zero-order valence-corrected chi connectivity index (χ0v) is 15.8. The summed E-state index contributed by atoms with van der Waals surface area (Å²) in [7, 11) is 0. The van der Waals surface area contributed by atoms with E-state index in [0.717, 1.165) is 6.42 Å². The summed E-state index contributed by atoms with van der Waals surface area (Å²) in [5.41, 5.74) is 1.73. The summed E-state index contributed by atoms with van der Waals surface area (Å²) in [5, 5.41) is 14.4. The zero-order valence-electron chi connectivity index (χ0n) is 15.1. The highest BCUT2D eigenvalue weighted by Crippen LogP contribution is 2.36. The molecule has 1 N–H and O–H groups in total. The molecule has 6 nitrogen and oxygen atoms in total. The summed E-state index contributed by atoms with van der Waals surface area (Å²) in [6.45, 7) is 0.851. The lowest BCUT2D eigenvalue weighted by Gasteiger charge is -2.25. The van der Waals surface area contributed by atoms with Gasteiger partial charge in [-0.05, 0) is 30.0 Å². The molecule has 0 saturated heterocycles. The van der Waals surface area contributed by atoms with Crippen LogP contribution in [-0.2, 0) is 29.1 Å². The van der Waals surface area contributed by atoms with E-state index in [9.17, 15) is 22.8 Å². The first-order valence-corrected chi connectivity index (χ1v) is 9.21. The molecule has 1 aromatic carbocycles. The number of aliphatic carboxylic acids is 1. The van der Waals surface area contributed by atoms with Gasteiger partial charge in [0.05, 0.1) is 29.1 Å². The number of benzene rings is 1. The van der Waals surface area contributed by atoms with Crippen molar-refractivity contribution in [1.82, 2.24) is 14.7 Å². The third kappa shape index (κ3) is 4.09. The van der Waals surface area contributed by atoms with Gasteiger partial charge in [0, 0.05) is 18.5 Å². The van der Waals surface area contributed by atoms with E-state index in [0.29, 0.717) is 38.5 Å². The molecular weight excluding hydrogens is 399 g/mol. The number of nitrogens with zero attached hydrogens (tertiary/aromatic N) is 3. The number of carboxylic acid groups (broad SMARTS) is 1. The summed E-state index contributed by atoms with van der Waals surface area (Å²) in [6.07, 6.45) is -2.78. The summed E-state index contributed by atoms with van der Waals surface area (Å²) in [6, 6.07) is 1.62. The molecule has 1 aliphatic rings. The average molecular weight is 418 g/mol. The van der Waals surface area contributed by atoms with Crippen LogP contribution in [0, 0.1) is 5.92 Å². The SMILES string of the molecule is CCCn1ncc2c3c(cc(Cl)c21)C[C@@H](CC(=O)O)C(=O)N(CC(F)(F)F)C3. The van der Waals surface area contributed by atoms with E-state index >= 15 is 0 Å². The van der Waals surface area contributed by atoms with Crippen LogP contribution in [0.25, 0.3) is 10.9 Å². The van der Waals surface area contributed by atoms with Crippen LogP contribution in [0.2, 0.25) is 5.02 Å². The number of aryl methyl sites for hydroxylation is 1. The number of hydrogen-bond acceptors (Lipinski definition) is 3. The number of fused-ring (bicyclic) bond motifs is 3. The molecule has 1 amide bonds. The number of carboxylic acids is 1. The Morgan fingerprint density at radius 2 is 2.14 bits per heavy atom. The van der Waals surface area contributed by atoms with E-state index in [1.165, 1.54) is 0 Å². The number of halogens is 4. The third-order valence-electron chi connectivity index (χ3n) is 4.78. The Kier molecular flexibility index (Phi) is 5.56. The van der Waals surface area contributed by atoms with E-state index < -0.39 is 36.9 Å². The summed E-state index contributed by atoms with van der Waals surface area (Å²) < 4.78 is 40.8. The normalized spacial score (nSPS) is 17.7. The van der Waals surface area contributed by atoms with Crippen LogP contribution in [0.1, 0.15) is 30.9 Å². The number of rotatable bonds is 5. The van der Waals surface area contributed by atoms with Crippen molar-refractivity contribution in [2.75, 3.05) is 6.54 Å². The lowest BCUT2D eigenvalue weighted by Crippen LogP contribution is -2.41. The van der Waals surface area contributed by atoms with Crippen molar-refractivity contribution in [3.8, 4) is 0 Å². The monoisotopic (exact) mass is 417 g/mol. The van der Waals surface area contributed by atoms with Crippen LogP contribution >= 0.6 is 11.6 Å². The lowest BCUT2D eigenvalue weighted by atomic mass is 9.93. The highest BCUT2D eigenvalue weighted by atomic mass is 35.5. The van der Waals surface area contributed by atoms with Crippen LogP contribution in [0.5, 0.6) is 0 Å². The zero-order chi connectivity index (χ0) is 20.6. The first kappa shape index (κ1) is 20.4. The van der Waals surface area contributed by atoms with E-state index in [-0.39, 0.29) is 13.0 Å². The fourth-order valence-corrected chi connectivity index (χ4v) is 4.02.